The van der Waals surface area contributed by atoms with Crippen LogP contribution in [0.4, 0.5) is 0 Å². The van der Waals surface area contributed by atoms with Gasteiger partial charge in [-0.15, -0.1) is 0 Å². The quantitative estimate of drug-likeness (QED) is 0.693. The van der Waals surface area contributed by atoms with E-state index in [4.69, 9.17) is 4.74 Å². The maximum Gasteiger partial charge on any atom is 0.120 e. The molecule has 1 unspecified atom stereocenters. The van der Waals surface area contributed by atoms with Gasteiger partial charge < -0.3 is 15.2 Å². The summed E-state index contributed by atoms with van der Waals surface area (Å²) in [4.78, 5) is 0. The Kier molecular flexibility index (Phi) is 6.58. The van der Waals surface area contributed by atoms with Crippen molar-refractivity contribution in [2.24, 2.45) is 0 Å². The standard InChI is InChI=1S/C15H25NO2/c1-4-5-6-7-10-16-12(2)14-11-13(18-3)8-9-15(14)17/h8-9,11-12,16-17H,4-7,10H2,1-3H3. The lowest BCUT2D eigenvalue weighted by Crippen LogP contribution is -2.20. The van der Waals surface area contributed by atoms with E-state index in [0.717, 1.165) is 17.9 Å². The Morgan fingerprint density at radius 2 is 2.06 bits per heavy atom. The molecule has 18 heavy (non-hydrogen) atoms. The Hall–Kier alpha value is -1.22. The maximum absolute atomic E-state index is 9.85. The third kappa shape index (κ3) is 4.57. The lowest BCUT2D eigenvalue weighted by Gasteiger charge is -2.16. The van der Waals surface area contributed by atoms with E-state index in [9.17, 15) is 5.11 Å². The Balaban J connectivity index is 2.47. The lowest BCUT2D eigenvalue weighted by atomic mass is 10.1. The van der Waals surface area contributed by atoms with Crippen LogP contribution in [-0.4, -0.2) is 18.8 Å². The van der Waals surface area contributed by atoms with E-state index in [0.29, 0.717) is 5.75 Å². The highest BCUT2D eigenvalue weighted by Crippen LogP contribution is 2.28. The summed E-state index contributed by atoms with van der Waals surface area (Å²) in [7, 11) is 1.64. The molecule has 1 atom stereocenters. The highest BCUT2D eigenvalue weighted by molar-refractivity contribution is 5.41. The molecule has 102 valence electrons. The van der Waals surface area contributed by atoms with Crippen molar-refractivity contribution in [2.45, 2.75) is 45.6 Å². The van der Waals surface area contributed by atoms with E-state index in [2.05, 4.69) is 19.2 Å². The number of phenols is 1. The van der Waals surface area contributed by atoms with Gasteiger partial charge in [0, 0.05) is 11.6 Å². The zero-order valence-corrected chi connectivity index (χ0v) is 11.7. The van der Waals surface area contributed by atoms with Crippen molar-refractivity contribution in [3.8, 4) is 11.5 Å². The zero-order valence-electron chi connectivity index (χ0n) is 11.7. The Bertz CT molecular complexity index is 352. The molecule has 0 aliphatic rings. The van der Waals surface area contributed by atoms with E-state index < -0.39 is 0 Å². The Morgan fingerprint density at radius 1 is 1.28 bits per heavy atom. The summed E-state index contributed by atoms with van der Waals surface area (Å²) in [6.07, 6.45) is 5.00. The minimum Gasteiger partial charge on any atom is -0.508 e. The zero-order chi connectivity index (χ0) is 13.4. The predicted octanol–water partition coefficient (Wildman–Crippen LogP) is 3.63. The molecule has 0 radical (unpaired) electrons. The van der Waals surface area contributed by atoms with Crippen LogP contribution in [0.1, 0.15) is 51.1 Å². The average molecular weight is 251 g/mol. The van der Waals surface area contributed by atoms with Gasteiger partial charge in [-0.25, -0.2) is 0 Å². The monoisotopic (exact) mass is 251 g/mol. The summed E-state index contributed by atoms with van der Waals surface area (Å²) >= 11 is 0. The minimum absolute atomic E-state index is 0.140. The van der Waals surface area contributed by atoms with Gasteiger partial charge in [0.15, 0.2) is 0 Å². The van der Waals surface area contributed by atoms with Crippen LogP contribution in [0.2, 0.25) is 0 Å². The van der Waals surface area contributed by atoms with E-state index in [1.54, 1.807) is 19.2 Å². The van der Waals surface area contributed by atoms with Gasteiger partial charge in [0.2, 0.25) is 0 Å². The van der Waals surface area contributed by atoms with Crippen molar-refractivity contribution in [1.29, 1.82) is 0 Å². The number of benzene rings is 1. The molecule has 0 aliphatic heterocycles. The van der Waals surface area contributed by atoms with E-state index in [1.807, 2.05) is 6.07 Å². The number of hydrogen-bond donors (Lipinski definition) is 2. The Labute approximate surface area is 110 Å². The number of aromatic hydroxyl groups is 1. The van der Waals surface area contributed by atoms with Crippen molar-refractivity contribution in [3.63, 3.8) is 0 Å². The largest absolute Gasteiger partial charge is 0.508 e. The molecule has 0 bridgehead atoms. The van der Waals surface area contributed by atoms with Gasteiger partial charge in [0.1, 0.15) is 11.5 Å². The maximum atomic E-state index is 9.85. The molecule has 0 spiro atoms. The molecule has 0 heterocycles. The van der Waals surface area contributed by atoms with Crippen molar-refractivity contribution < 1.29 is 9.84 Å². The fourth-order valence-electron chi connectivity index (χ4n) is 1.99. The van der Waals surface area contributed by atoms with Gasteiger partial charge in [-0.3, -0.25) is 0 Å². The molecular weight excluding hydrogens is 226 g/mol. The van der Waals surface area contributed by atoms with Crippen molar-refractivity contribution in [3.05, 3.63) is 23.8 Å². The molecule has 0 saturated heterocycles. The van der Waals surface area contributed by atoms with Gasteiger partial charge in [0.05, 0.1) is 7.11 Å². The van der Waals surface area contributed by atoms with Crippen LogP contribution in [0.25, 0.3) is 0 Å². The van der Waals surface area contributed by atoms with E-state index >= 15 is 0 Å². The van der Waals surface area contributed by atoms with Gasteiger partial charge in [-0.2, -0.15) is 0 Å². The summed E-state index contributed by atoms with van der Waals surface area (Å²) in [5.41, 5.74) is 0.893. The molecule has 1 rings (SSSR count). The SMILES string of the molecule is CCCCCCNC(C)c1cc(OC)ccc1O. The molecule has 3 nitrogen and oxygen atoms in total. The predicted molar refractivity (Wildman–Crippen MR) is 75.2 cm³/mol. The van der Waals surface area contributed by atoms with Crippen molar-refractivity contribution in [2.75, 3.05) is 13.7 Å². The van der Waals surface area contributed by atoms with Crippen LogP contribution < -0.4 is 10.1 Å². The van der Waals surface area contributed by atoms with Gasteiger partial charge in [0.25, 0.3) is 0 Å². The summed E-state index contributed by atoms with van der Waals surface area (Å²) in [6.45, 7) is 5.26. The van der Waals surface area contributed by atoms with Crippen LogP contribution in [-0.2, 0) is 0 Å². The van der Waals surface area contributed by atoms with Gasteiger partial charge in [-0.05, 0) is 38.1 Å². The minimum atomic E-state index is 0.140. The molecule has 0 aliphatic carbocycles. The molecule has 1 aromatic rings. The normalized spacial score (nSPS) is 12.4. The second-order valence-electron chi connectivity index (χ2n) is 4.66. The van der Waals surface area contributed by atoms with Gasteiger partial charge in [-0.1, -0.05) is 26.2 Å². The average Bonchev–Trinajstić information content (AvgIpc) is 2.39. The Morgan fingerprint density at radius 3 is 2.72 bits per heavy atom. The number of hydrogen-bond acceptors (Lipinski definition) is 3. The molecule has 0 aromatic heterocycles. The number of phenolic OH excluding ortho intramolecular Hbond substituents is 1. The first kappa shape index (κ1) is 14.8. The molecule has 3 heteroatoms. The molecular formula is C15H25NO2. The number of methoxy groups -OCH3 is 1. The van der Waals surface area contributed by atoms with Gasteiger partial charge >= 0.3 is 0 Å². The molecule has 1 aromatic carbocycles. The smallest absolute Gasteiger partial charge is 0.120 e. The summed E-state index contributed by atoms with van der Waals surface area (Å²) in [6, 6.07) is 5.48. The summed E-state index contributed by atoms with van der Waals surface area (Å²) < 4.78 is 5.18. The number of nitrogens with one attached hydrogen (secondary N) is 1. The molecule has 0 fully saturated rings. The third-order valence-corrected chi connectivity index (χ3v) is 3.18. The van der Waals surface area contributed by atoms with Crippen molar-refractivity contribution >= 4 is 0 Å². The summed E-state index contributed by atoms with van der Waals surface area (Å²) in [5.74, 6) is 1.10. The summed E-state index contributed by atoms with van der Waals surface area (Å²) in [5, 5.41) is 13.3. The lowest BCUT2D eigenvalue weighted by molar-refractivity contribution is 0.407. The first-order valence-electron chi connectivity index (χ1n) is 6.79. The van der Waals surface area contributed by atoms with Crippen LogP contribution in [0, 0.1) is 0 Å². The fourth-order valence-corrected chi connectivity index (χ4v) is 1.99. The van der Waals surface area contributed by atoms with Crippen molar-refractivity contribution in [1.82, 2.24) is 5.32 Å². The van der Waals surface area contributed by atoms with Crippen LogP contribution in [0.15, 0.2) is 18.2 Å². The molecule has 2 N–H and O–H groups in total. The van der Waals surface area contributed by atoms with Crippen LogP contribution >= 0.6 is 0 Å². The number of rotatable bonds is 8. The third-order valence-electron chi connectivity index (χ3n) is 3.18. The second-order valence-corrected chi connectivity index (χ2v) is 4.66. The van der Waals surface area contributed by atoms with Crippen LogP contribution in [0.3, 0.4) is 0 Å². The first-order chi connectivity index (χ1) is 8.69. The highest BCUT2D eigenvalue weighted by atomic mass is 16.5. The highest BCUT2D eigenvalue weighted by Gasteiger charge is 2.10. The molecule has 0 saturated carbocycles. The second kappa shape index (κ2) is 7.98. The van der Waals surface area contributed by atoms with E-state index in [1.165, 1.54) is 25.7 Å². The first-order valence-corrected chi connectivity index (χ1v) is 6.79. The number of unbranched alkanes of at least 4 members (excludes halogenated alkanes) is 3. The van der Waals surface area contributed by atoms with E-state index in [-0.39, 0.29) is 6.04 Å². The fraction of sp³-hybridized carbons (Fsp3) is 0.600. The molecule has 0 amide bonds. The number of ether oxygens (including phenoxy) is 1. The topological polar surface area (TPSA) is 41.5 Å². The van der Waals surface area contributed by atoms with Crippen LogP contribution in [0.5, 0.6) is 11.5 Å².